The zero-order chi connectivity index (χ0) is 17.0. The summed E-state index contributed by atoms with van der Waals surface area (Å²) in [4.78, 5) is 4.36. The fourth-order valence-electron chi connectivity index (χ4n) is 3.10. The van der Waals surface area contributed by atoms with Gasteiger partial charge in [0.2, 0.25) is 0 Å². The van der Waals surface area contributed by atoms with Crippen LogP contribution in [0.4, 0.5) is 0 Å². The third-order valence-electron chi connectivity index (χ3n) is 4.72. The Morgan fingerprint density at radius 2 is 1.92 bits per heavy atom. The van der Waals surface area contributed by atoms with Gasteiger partial charge in [0.1, 0.15) is 16.7 Å². The standard InChI is InChI=1S/C19H17NO3S/c1-9-10(2)16(21)15-17(11(9)3)23-18(19(15)22-4)12-5-6-14-13(7-12)20-8-24-14/h5-8,21H,1-4H3. The smallest absolute Gasteiger partial charge is 0.177 e. The highest BCUT2D eigenvalue weighted by Crippen LogP contribution is 2.47. The molecule has 0 radical (unpaired) electrons. The molecule has 0 unspecified atom stereocenters. The molecule has 24 heavy (non-hydrogen) atoms. The Morgan fingerprint density at radius 1 is 1.12 bits per heavy atom. The molecule has 0 amide bonds. The molecule has 1 N–H and O–H groups in total. The molecule has 0 saturated carbocycles. The molecule has 2 aromatic carbocycles. The van der Waals surface area contributed by atoms with Crippen LogP contribution in [0.25, 0.3) is 32.5 Å². The van der Waals surface area contributed by atoms with Crippen molar-refractivity contribution in [1.82, 2.24) is 4.98 Å². The maximum Gasteiger partial charge on any atom is 0.177 e. The van der Waals surface area contributed by atoms with Gasteiger partial charge in [-0.25, -0.2) is 4.98 Å². The van der Waals surface area contributed by atoms with Gasteiger partial charge in [-0.05, 0) is 55.7 Å². The average molecular weight is 339 g/mol. The predicted molar refractivity (Wildman–Crippen MR) is 97.3 cm³/mol. The molecule has 2 heterocycles. The molecule has 122 valence electrons. The normalized spacial score (nSPS) is 11.5. The molecular formula is C19H17NO3S. The van der Waals surface area contributed by atoms with Gasteiger partial charge in [0, 0.05) is 5.56 Å². The number of methoxy groups -OCH3 is 1. The van der Waals surface area contributed by atoms with Gasteiger partial charge in [-0.3, -0.25) is 0 Å². The van der Waals surface area contributed by atoms with Crippen LogP contribution in [0.3, 0.4) is 0 Å². The van der Waals surface area contributed by atoms with E-state index in [1.165, 1.54) is 0 Å². The molecule has 0 fully saturated rings. The predicted octanol–water partition coefficient (Wildman–Crippen LogP) is 5.35. The molecule has 0 bridgehead atoms. The molecular weight excluding hydrogens is 322 g/mol. The van der Waals surface area contributed by atoms with Crippen LogP contribution in [0.5, 0.6) is 11.5 Å². The van der Waals surface area contributed by atoms with E-state index in [1.807, 2.05) is 44.5 Å². The van der Waals surface area contributed by atoms with Crippen LogP contribution >= 0.6 is 11.3 Å². The highest BCUT2D eigenvalue weighted by atomic mass is 32.1. The molecule has 0 aliphatic rings. The van der Waals surface area contributed by atoms with Crippen molar-refractivity contribution in [2.45, 2.75) is 20.8 Å². The summed E-state index contributed by atoms with van der Waals surface area (Å²) in [6.45, 7) is 5.89. The van der Waals surface area contributed by atoms with Crippen LogP contribution in [0.15, 0.2) is 28.1 Å². The zero-order valence-corrected chi connectivity index (χ0v) is 14.7. The molecule has 0 aliphatic heterocycles. The number of nitrogens with zero attached hydrogens (tertiary/aromatic N) is 1. The number of benzene rings is 2. The van der Waals surface area contributed by atoms with Crippen LogP contribution in [-0.2, 0) is 0 Å². The maximum absolute atomic E-state index is 10.6. The minimum Gasteiger partial charge on any atom is -0.507 e. The minimum atomic E-state index is 0.217. The van der Waals surface area contributed by atoms with E-state index in [4.69, 9.17) is 9.15 Å². The second-order valence-corrected chi connectivity index (χ2v) is 6.81. The number of rotatable bonds is 2. The summed E-state index contributed by atoms with van der Waals surface area (Å²) in [5.74, 6) is 1.39. The largest absolute Gasteiger partial charge is 0.507 e. The number of fused-ring (bicyclic) bond motifs is 2. The SMILES string of the molecule is COc1c(-c2ccc3scnc3c2)oc2c(C)c(C)c(C)c(O)c12. The number of aryl methyl sites for hydroxylation is 1. The van der Waals surface area contributed by atoms with Gasteiger partial charge in [0.05, 0.1) is 22.8 Å². The number of hydrogen-bond acceptors (Lipinski definition) is 5. The monoisotopic (exact) mass is 339 g/mol. The molecule has 4 nitrogen and oxygen atoms in total. The first kappa shape index (κ1) is 15.0. The van der Waals surface area contributed by atoms with E-state index >= 15 is 0 Å². The van der Waals surface area contributed by atoms with Crippen LogP contribution in [0.2, 0.25) is 0 Å². The number of furan rings is 1. The van der Waals surface area contributed by atoms with Crippen molar-refractivity contribution in [3.8, 4) is 22.8 Å². The Morgan fingerprint density at radius 3 is 2.67 bits per heavy atom. The summed E-state index contributed by atoms with van der Waals surface area (Å²) in [6.07, 6.45) is 0. The van der Waals surface area contributed by atoms with Crippen molar-refractivity contribution in [2.75, 3.05) is 7.11 Å². The van der Waals surface area contributed by atoms with Gasteiger partial charge in [0.25, 0.3) is 0 Å². The van der Waals surface area contributed by atoms with E-state index in [2.05, 4.69) is 4.98 Å². The second kappa shape index (κ2) is 5.24. The summed E-state index contributed by atoms with van der Waals surface area (Å²) in [6, 6.07) is 6.00. The van der Waals surface area contributed by atoms with Gasteiger partial charge in [-0.2, -0.15) is 0 Å². The number of aromatic nitrogens is 1. The molecule has 4 aromatic rings. The summed E-state index contributed by atoms with van der Waals surface area (Å²) < 4.78 is 12.9. The Labute approximate surface area is 143 Å². The zero-order valence-electron chi connectivity index (χ0n) is 13.9. The fourth-order valence-corrected chi connectivity index (χ4v) is 3.75. The fraction of sp³-hybridized carbons (Fsp3) is 0.211. The lowest BCUT2D eigenvalue weighted by Gasteiger charge is -2.08. The minimum absolute atomic E-state index is 0.217. The third kappa shape index (κ3) is 1.94. The number of aromatic hydroxyl groups is 1. The van der Waals surface area contributed by atoms with Crippen LogP contribution in [0.1, 0.15) is 16.7 Å². The summed E-state index contributed by atoms with van der Waals surface area (Å²) in [5, 5.41) is 11.3. The van der Waals surface area contributed by atoms with E-state index in [9.17, 15) is 5.11 Å². The number of ether oxygens (including phenoxy) is 1. The van der Waals surface area contributed by atoms with Crippen molar-refractivity contribution in [1.29, 1.82) is 0 Å². The molecule has 2 aromatic heterocycles. The Bertz CT molecular complexity index is 1090. The molecule has 0 spiro atoms. The van der Waals surface area contributed by atoms with Crippen molar-refractivity contribution in [3.05, 3.63) is 40.4 Å². The van der Waals surface area contributed by atoms with Crippen molar-refractivity contribution < 1.29 is 14.3 Å². The van der Waals surface area contributed by atoms with E-state index < -0.39 is 0 Å². The quantitative estimate of drug-likeness (QED) is 0.535. The molecule has 4 rings (SSSR count). The highest BCUT2D eigenvalue weighted by Gasteiger charge is 2.24. The molecule has 5 heteroatoms. The Balaban J connectivity index is 2.08. The third-order valence-corrected chi connectivity index (χ3v) is 5.53. The van der Waals surface area contributed by atoms with Gasteiger partial charge in [0.15, 0.2) is 11.5 Å². The van der Waals surface area contributed by atoms with Crippen LogP contribution in [-0.4, -0.2) is 17.2 Å². The lowest BCUT2D eigenvalue weighted by molar-refractivity contribution is 0.411. The first-order chi connectivity index (χ1) is 11.5. The second-order valence-electron chi connectivity index (χ2n) is 5.93. The molecule has 0 saturated heterocycles. The first-order valence-electron chi connectivity index (χ1n) is 7.65. The van der Waals surface area contributed by atoms with E-state index in [1.54, 1.807) is 18.4 Å². The number of hydrogen-bond donors (Lipinski definition) is 1. The van der Waals surface area contributed by atoms with Crippen molar-refractivity contribution in [2.24, 2.45) is 0 Å². The highest BCUT2D eigenvalue weighted by molar-refractivity contribution is 7.16. The average Bonchev–Trinajstić information content (AvgIpc) is 3.21. The van der Waals surface area contributed by atoms with Gasteiger partial charge < -0.3 is 14.3 Å². The number of phenolic OH excluding ortho intramolecular Hbond substituents is 1. The Kier molecular flexibility index (Phi) is 3.28. The summed E-state index contributed by atoms with van der Waals surface area (Å²) in [5.41, 5.74) is 7.19. The Hall–Kier alpha value is -2.53. The summed E-state index contributed by atoms with van der Waals surface area (Å²) in [7, 11) is 1.60. The van der Waals surface area contributed by atoms with Gasteiger partial charge >= 0.3 is 0 Å². The number of thiazole rings is 1. The van der Waals surface area contributed by atoms with Crippen molar-refractivity contribution in [3.63, 3.8) is 0 Å². The maximum atomic E-state index is 10.6. The number of phenols is 1. The lowest BCUT2D eigenvalue weighted by atomic mass is 9.99. The first-order valence-corrected chi connectivity index (χ1v) is 8.53. The van der Waals surface area contributed by atoms with Gasteiger partial charge in [-0.1, -0.05) is 0 Å². The van der Waals surface area contributed by atoms with Gasteiger partial charge in [-0.15, -0.1) is 11.3 Å². The van der Waals surface area contributed by atoms with Crippen LogP contribution < -0.4 is 4.74 Å². The lowest BCUT2D eigenvalue weighted by Crippen LogP contribution is -1.90. The van der Waals surface area contributed by atoms with E-state index in [-0.39, 0.29) is 5.75 Å². The summed E-state index contributed by atoms with van der Waals surface area (Å²) >= 11 is 1.60. The topological polar surface area (TPSA) is 55.5 Å². The molecule has 0 aliphatic carbocycles. The van der Waals surface area contributed by atoms with E-state index in [0.717, 1.165) is 32.5 Å². The van der Waals surface area contributed by atoms with Crippen molar-refractivity contribution >= 4 is 32.5 Å². The molecule has 0 atom stereocenters. The van der Waals surface area contributed by atoms with Crippen LogP contribution in [0, 0.1) is 20.8 Å². The van der Waals surface area contributed by atoms with E-state index in [0.29, 0.717) is 22.5 Å².